The van der Waals surface area contributed by atoms with E-state index in [4.69, 9.17) is 15.9 Å². The fourth-order valence-corrected chi connectivity index (χ4v) is 3.87. The standard InChI is InChI=1S/C25H33N5O9/c1-12(2)21(25(38)39)30-23(36)17(7-8-19(31)32)28-24(37)18(29-22(35)15(26)10-20(33)34)9-13-11-27-16-6-4-3-5-14(13)16/h3-6,11-12,15,17-18,21,27H,7-10,26H2,1-2H3,(H,28,37)(H,29,35)(H,30,36)(H,31,32)(H,33,34)(H,38,39). The minimum absolute atomic E-state index is 0.0849. The summed E-state index contributed by atoms with van der Waals surface area (Å²) in [6.45, 7) is 3.13. The van der Waals surface area contributed by atoms with E-state index >= 15 is 0 Å². The van der Waals surface area contributed by atoms with Gasteiger partial charge in [0, 0.05) is 29.9 Å². The molecule has 1 heterocycles. The van der Waals surface area contributed by atoms with Crippen LogP contribution >= 0.6 is 0 Å². The summed E-state index contributed by atoms with van der Waals surface area (Å²) in [5.74, 6) is -7.09. The molecule has 1 aromatic carbocycles. The van der Waals surface area contributed by atoms with Crippen LogP contribution in [-0.2, 0) is 35.2 Å². The second-order valence-electron chi connectivity index (χ2n) is 9.39. The van der Waals surface area contributed by atoms with E-state index in [1.165, 1.54) is 0 Å². The van der Waals surface area contributed by atoms with Gasteiger partial charge in [-0.25, -0.2) is 4.79 Å². The van der Waals surface area contributed by atoms with Gasteiger partial charge in [-0.05, 0) is 24.0 Å². The Bertz CT molecular complexity index is 1230. The summed E-state index contributed by atoms with van der Waals surface area (Å²) >= 11 is 0. The molecule has 0 saturated carbocycles. The molecule has 0 aliphatic heterocycles. The van der Waals surface area contributed by atoms with Crippen molar-refractivity contribution in [3.8, 4) is 0 Å². The number of fused-ring (bicyclic) bond motifs is 1. The zero-order valence-electron chi connectivity index (χ0n) is 21.5. The summed E-state index contributed by atoms with van der Waals surface area (Å²) in [4.78, 5) is 75.6. The van der Waals surface area contributed by atoms with Crippen LogP contribution in [0.1, 0.15) is 38.7 Å². The second-order valence-corrected chi connectivity index (χ2v) is 9.39. The number of aromatic nitrogens is 1. The molecule has 0 radical (unpaired) electrons. The molecular weight excluding hydrogens is 514 g/mol. The van der Waals surface area contributed by atoms with Gasteiger partial charge in [-0.2, -0.15) is 0 Å². The highest BCUT2D eigenvalue weighted by Gasteiger charge is 2.32. The molecule has 0 bridgehead atoms. The van der Waals surface area contributed by atoms with Crippen LogP contribution in [0.25, 0.3) is 10.9 Å². The van der Waals surface area contributed by atoms with Gasteiger partial charge in [-0.3, -0.25) is 24.0 Å². The number of aliphatic carboxylic acids is 3. The number of carboxylic acid groups (broad SMARTS) is 3. The van der Waals surface area contributed by atoms with Crippen molar-refractivity contribution in [2.75, 3.05) is 0 Å². The third-order valence-corrected chi connectivity index (χ3v) is 5.97. The Morgan fingerprint density at radius 1 is 0.872 bits per heavy atom. The third kappa shape index (κ3) is 9.10. The Kier molecular flexibility index (Phi) is 11.0. The predicted molar refractivity (Wildman–Crippen MR) is 137 cm³/mol. The fraction of sp³-hybridized carbons (Fsp3) is 0.440. The zero-order valence-corrected chi connectivity index (χ0v) is 21.5. The Morgan fingerprint density at radius 2 is 1.49 bits per heavy atom. The van der Waals surface area contributed by atoms with Gasteiger partial charge < -0.3 is 42.0 Å². The largest absolute Gasteiger partial charge is 0.481 e. The molecule has 3 amide bonds. The monoisotopic (exact) mass is 547 g/mol. The lowest BCUT2D eigenvalue weighted by atomic mass is 10.0. The van der Waals surface area contributed by atoms with E-state index < -0.39 is 78.6 Å². The molecule has 4 unspecified atom stereocenters. The summed E-state index contributed by atoms with van der Waals surface area (Å²) < 4.78 is 0. The summed E-state index contributed by atoms with van der Waals surface area (Å²) in [6, 6.07) is 1.63. The van der Waals surface area contributed by atoms with E-state index in [2.05, 4.69) is 20.9 Å². The van der Waals surface area contributed by atoms with Crippen LogP contribution in [0.15, 0.2) is 30.5 Å². The Balaban J connectivity index is 2.33. The molecule has 0 fully saturated rings. The molecule has 2 aromatic rings. The minimum Gasteiger partial charge on any atom is -0.481 e. The normalized spacial score (nSPS) is 14.2. The highest BCUT2D eigenvalue weighted by atomic mass is 16.4. The Morgan fingerprint density at radius 3 is 2.08 bits per heavy atom. The predicted octanol–water partition coefficient (Wildman–Crippen LogP) is -0.428. The number of carboxylic acids is 3. The smallest absolute Gasteiger partial charge is 0.326 e. The van der Waals surface area contributed by atoms with Crippen molar-refractivity contribution in [1.29, 1.82) is 0 Å². The quantitative estimate of drug-likeness (QED) is 0.143. The van der Waals surface area contributed by atoms with Crippen molar-refractivity contribution in [3.05, 3.63) is 36.0 Å². The number of hydrogen-bond donors (Lipinski definition) is 8. The number of carbonyl (C=O) groups is 6. The molecule has 0 spiro atoms. The maximum atomic E-state index is 13.4. The molecule has 2 rings (SSSR count). The van der Waals surface area contributed by atoms with E-state index in [1.54, 1.807) is 44.3 Å². The first-order valence-electron chi connectivity index (χ1n) is 12.2. The van der Waals surface area contributed by atoms with Crippen molar-refractivity contribution in [2.24, 2.45) is 11.7 Å². The van der Waals surface area contributed by atoms with Crippen LogP contribution in [0, 0.1) is 5.92 Å². The maximum absolute atomic E-state index is 13.4. The molecule has 0 saturated heterocycles. The van der Waals surface area contributed by atoms with Crippen LogP contribution in [-0.4, -0.2) is 80.1 Å². The summed E-state index contributed by atoms with van der Waals surface area (Å²) in [7, 11) is 0. The van der Waals surface area contributed by atoms with Gasteiger partial charge in [-0.15, -0.1) is 0 Å². The highest BCUT2D eigenvalue weighted by molar-refractivity contribution is 5.95. The Hall–Kier alpha value is -4.46. The van der Waals surface area contributed by atoms with Gasteiger partial charge in [0.2, 0.25) is 17.7 Å². The molecule has 14 nitrogen and oxygen atoms in total. The number of amides is 3. The van der Waals surface area contributed by atoms with Crippen molar-refractivity contribution in [1.82, 2.24) is 20.9 Å². The van der Waals surface area contributed by atoms with Gasteiger partial charge in [0.25, 0.3) is 0 Å². The van der Waals surface area contributed by atoms with Crippen LogP contribution in [0.3, 0.4) is 0 Å². The number of H-pyrrole nitrogens is 1. The average molecular weight is 548 g/mol. The topological polar surface area (TPSA) is 241 Å². The average Bonchev–Trinajstić information content (AvgIpc) is 3.26. The maximum Gasteiger partial charge on any atom is 0.326 e. The summed E-state index contributed by atoms with van der Waals surface area (Å²) in [6.07, 6.45) is -0.0194. The van der Waals surface area contributed by atoms with Gasteiger partial charge in [-0.1, -0.05) is 32.0 Å². The van der Waals surface area contributed by atoms with Gasteiger partial charge in [0.15, 0.2) is 0 Å². The van der Waals surface area contributed by atoms with Crippen molar-refractivity contribution in [2.45, 2.75) is 63.7 Å². The van der Waals surface area contributed by atoms with Crippen LogP contribution in [0.4, 0.5) is 0 Å². The Labute approximate surface area is 223 Å². The van der Waals surface area contributed by atoms with E-state index in [0.717, 1.165) is 10.9 Å². The van der Waals surface area contributed by atoms with Crippen molar-refractivity contribution < 1.29 is 44.1 Å². The van der Waals surface area contributed by atoms with E-state index in [-0.39, 0.29) is 12.8 Å². The molecule has 9 N–H and O–H groups in total. The molecule has 0 aliphatic rings. The van der Waals surface area contributed by atoms with Gasteiger partial charge in [0.05, 0.1) is 12.5 Å². The molecule has 1 aromatic heterocycles. The first kappa shape index (κ1) is 30.8. The molecule has 4 atom stereocenters. The number of carbonyl (C=O) groups excluding carboxylic acids is 3. The fourth-order valence-electron chi connectivity index (χ4n) is 3.87. The number of rotatable bonds is 15. The highest BCUT2D eigenvalue weighted by Crippen LogP contribution is 2.19. The number of benzene rings is 1. The number of nitrogens with two attached hydrogens (primary N) is 1. The van der Waals surface area contributed by atoms with Gasteiger partial charge >= 0.3 is 17.9 Å². The van der Waals surface area contributed by atoms with E-state index in [0.29, 0.717) is 5.56 Å². The van der Waals surface area contributed by atoms with Crippen LogP contribution in [0.2, 0.25) is 0 Å². The molecular formula is C25H33N5O9. The summed E-state index contributed by atoms with van der Waals surface area (Å²) in [5.41, 5.74) is 7.03. The number of hydrogen-bond acceptors (Lipinski definition) is 7. The van der Waals surface area contributed by atoms with Crippen molar-refractivity contribution in [3.63, 3.8) is 0 Å². The first-order chi connectivity index (χ1) is 18.3. The minimum atomic E-state index is -1.46. The third-order valence-electron chi connectivity index (χ3n) is 5.97. The lowest BCUT2D eigenvalue weighted by Gasteiger charge is -2.25. The van der Waals surface area contributed by atoms with Crippen molar-refractivity contribution >= 4 is 46.5 Å². The lowest BCUT2D eigenvalue weighted by Crippen LogP contribution is -2.58. The SMILES string of the molecule is CC(C)C(NC(=O)C(CCC(=O)O)NC(=O)C(Cc1c[nH]c2ccccc12)NC(=O)C(N)CC(=O)O)C(=O)O. The molecule has 39 heavy (non-hydrogen) atoms. The van der Waals surface area contributed by atoms with E-state index in [9.17, 15) is 33.9 Å². The first-order valence-corrected chi connectivity index (χ1v) is 12.2. The molecule has 212 valence electrons. The second kappa shape index (κ2) is 13.9. The zero-order chi connectivity index (χ0) is 29.3. The van der Waals surface area contributed by atoms with Crippen LogP contribution in [0.5, 0.6) is 0 Å². The molecule has 14 heteroatoms. The summed E-state index contributed by atoms with van der Waals surface area (Å²) in [5, 5.41) is 35.4. The van der Waals surface area contributed by atoms with Gasteiger partial charge in [0.1, 0.15) is 18.1 Å². The lowest BCUT2D eigenvalue weighted by molar-refractivity contribution is -0.144. The number of aromatic amines is 1. The number of nitrogens with one attached hydrogen (secondary N) is 4. The van der Waals surface area contributed by atoms with E-state index in [1.807, 2.05) is 0 Å². The number of para-hydroxylation sites is 1. The van der Waals surface area contributed by atoms with Crippen LogP contribution < -0.4 is 21.7 Å². The molecule has 0 aliphatic carbocycles.